The second-order valence-corrected chi connectivity index (χ2v) is 3.08. The van der Waals surface area contributed by atoms with Gasteiger partial charge in [0.25, 0.3) is 5.91 Å². The highest BCUT2D eigenvalue weighted by atomic mass is 35.5. The molecule has 1 amide bonds. The minimum absolute atomic E-state index is 0.173. The van der Waals surface area contributed by atoms with E-state index in [9.17, 15) is 22.4 Å². The van der Waals surface area contributed by atoms with E-state index in [1.54, 1.807) is 0 Å². The fraction of sp³-hybridized carbons (Fsp3) is 0.125. The van der Waals surface area contributed by atoms with Gasteiger partial charge in [-0.2, -0.15) is 13.2 Å². The molecule has 0 bridgehead atoms. The molecule has 0 saturated carbocycles. The van der Waals surface area contributed by atoms with Crippen LogP contribution in [0.25, 0.3) is 0 Å². The summed E-state index contributed by atoms with van der Waals surface area (Å²) in [4.78, 5) is 10.7. The van der Waals surface area contributed by atoms with Crippen LogP contribution in [0.15, 0.2) is 12.1 Å². The summed E-state index contributed by atoms with van der Waals surface area (Å²) in [6, 6.07) is 0.767. The van der Waals surface area contributed by atoms with E-state index in [0.29, 0.717) is 6.07 Å². The Hall–Kier alpha value is -1.30. The van der Waals surface area contributed by atoms with Gasteiger partial charge in [0, 0.05) is 0 Å². The lowest BCUT2D eigenvalue weighted by Gasteiger charge is -2.11. The van der Waals surface area contributed by atoms with Gasteiger partial charge in [0.2, 0.25) is 0 Å². The van der Waals surface area contributed by atoms with E-state index < -0.39 is 34.1 Å². The van der Waals surface area contributed by atoms with Gasteiger partial charge in [-0.05, 0) is 12.1 Å². The van der Waals surface area contributed by atoms with Crippen LogP contribution in [0.1, 0.15) is 15.9 Å². The third-order valence-corrected chi connectivity index (χ3v) is 1.90. The first-order chi connectivity index (χ1) is 6.73. The molecule has 0 spiro atoms. The van der Waals surface area contributed by atoms with E-state index in [1.165, 1.54) is 0 Å². The lowest BCUT2D eigenvalue weighted by Crippen LogP contribution is -2.19. The number of rotatable bonds is 1. The van der Waals surface area contributed by atoms with Crippen molar-refractivity contribution in [2.45, 2.75) is 6.18 Å². The van der Waals surface area contributed by atoms with E-state index in [1.807, 2.05) is 0 Å². The number of hydrogen-bond donors (Lipinski definition) is 1. The number of halogens is 5. The molecule has 7 heteroatoms. The number of benzene rings is 1. The highest BCUT2D eigenvalue weighted by molar-refractivity contribution is 6.34. The lowest BCUT2D eigenvalue weighted by molar-refractivity contribution is -0.138. The normalized spacial score (nSPS) is 11.5. The number of alkyl halides is 3. The van der Waals surface area contributed by atoms with Crippen molar-refractivity contribution < 1.29 is 22.4 Å². The van der Waals surface area contributed by atoms with Crippen molar-refractivity contribution in [1.82, 2.24) is 0 Å². The molecular weight excluding hydrogens is 238 g/mol. The second kappa shape index (κ2) is 3.69. The van der Waals surface area contributed by atoms with E-state index in [-0.39, 0.29) is 6.07 Å². The molecule has 2 N–H and O–H groups in total. The Morgan fingerprint density at radius 3 is 2.27 bits per heavy atom. The molecule has 82 valence electrons. The Kier molecular flexibility index (Phi) is 2.90. The molecule has 1 aromatic carbocycles. The van der Waals surface area contributed by atoms with Gasteiger partial charge in [-0.1, -0.05) is 11.6 Å². The predicted octanol–water partition coefficient (Wildman–Crippen LogP) is 2.60. The molecule has 0 aliphatic carbocycles. The van der Waals surface area contributed by atoms with Crippen molar-refractivity contribution in [3.8, 4) is 0 Å². The minimum atomic E-state index is -4.88. The summed E-state index contributed by atoms with van der Waals surface area (Å²) in [5.41, 5.74) is 2.32. The summed E-state index contributed by atoms with van der Waals surface area (Å²) in [5, 5.41) is -0.658. The molecule has 0 aromatic heterocycles. The number of carbonyl (C=O) groups is 1. The number of primary amides is 1. The van der Waals surface area contributed by atoms with Crippen LogP contribution in [-0.4, -0.2) is 5.91 Å². The Balaban J connectivity index is 3.54. The summed E-state index contributed by atoms with van der Waals surface area (Å²) in [7, 11) is 0. The summed E-state index contributed by atoms with van der Waals surface area (Å²) in [6.45, 7) is 0. The number of hydrogen-bond acceptors (Lipinski definition) is 1. The highest BCUT2D eigenvalue weighted by Crippen LogP contribution is 2.35. The van der Waals surface area contributed by atoms with Gasteiger partial charge in [-0.3, -0.25) is 4.79 Å². The molecule has 2 nitrogen and oxygen atoms in total. The van der Waals surface area contributed by atoms with E-state index in [0.717, 1.165) is 0 Å². The summed E-state index contributed by atoms with van der Waals surface area (Å²) < 4.78 is 49.7. The largest absolute Gasteiger partial charge is 0.417 e. The van der Waals surface area contributed by atoms with Crippen molar-refractivity contribution in [2.24, 2.45) is 5.73 Å². The van der Waals surface area contributed by atoms with Crippen LogP contribution in [-0.2, 0) is 6.18 Å². The number of nitrogens with two attached hydrogens (primary N) is 1. The first-order valence-electron chi connectivity index (χ1n) is 3.59. The monoisotopic (exact) mass is 241 g/mol. The molecule has 1 rings (SSSR count). The SMILES string of the molecule is NC(=O)c1c(Cl)cc(F)cc1C(F)(F)F. The third kappa shape index (κ3) is 2.38. The second-order valence-electron chi connectivity index (χ2n) is 2.67. The van der Waals surface area contributed by atoms with Crippen LogP contribution in [0.4, 0.5) is 17.6 Å². The van der Waals surface area contributed by atoms with Crippen LogP contribution in [0.3, 0.4) is 0 Å². The summed E-state index contributed by atoms with van der Waals surface area (Å²) in [5.74, 6) is -2.54. The Bertz CT molecular complexity index is 416. The zero-order chi connectivity index (χ0) is 11.8. The quantitative estimate of drug-likeness (QED) is 0.755. The van der Waals surface area contributed by atoms with Crippen molar-refractivity contribution in [2.75, 3.05) is 0 Å². The van der Waals surface area contributed by atoms with Gasteiger partial charge in [-0.25, -0.2) is 4.39 Å². The molecule has 0 unspecified atom stereocenters. The van der Waals surface area contributed by atoms with Crippen molar-refractivity contribution in [3.05, 3.63) is 34.1 Å². The van der Waals surface area contributed by atoms with E-state index >= 15 is 0 Å². The van der Waals surface area contributed by atoms with Gasteiger partial charge < -0.3 is 5.73 Å². The maximum Gasteiger partial charge on any atom is 0.417 e. The number of carbonyl (C=O) groups excluding carboxylic acids is 1. The van der Waals surface area contributed by atoms with Crippen LogP contribution in [0, 0.1) is 5.82 Å². The Labute approximate surface area is 86.6 Å². The molecular formula is C8H4ClF4NO. The smallest absolute Gasteiger partial charge is 0.366 e. The van der Waals surface area contributed by atoms with E-state index in [4.69, 9.17) is 17.3 Å². The van der Waals surface area contributed by atoms with Crippen molar-refractivity contribution >= 4 is 17.5 Å². The molecule has 0 radical (unpaired) electrons. The van der Waals surface area contributed by atoms with Gasteiger partial charge >= 0.3 is 6.18 Å². The lowest BCUT2D eigenvalue weighted by atomic mass is 10.1. The van der Waals surface area contributed by atoms with Crippen LogP contribution < -0.4 is 5.73 Å². The molecule has 15 heavy (non-hydrogen) atoms. The molecule has 0 atom stereocenters. The molecule has 0 fully saturated rings. The first-order valence-corrected chi connectivity index (χ1v) is 3.97. The van der Waals surface area contributed by atoms with Gasteiger partial charge in [0.1, 0.15) is 5.82 Å². The maximum absolute atomic E-state index is 12.7. The van der Waals surface area contributed by atoms with Gasteiger partial charge in [0.05, 0.1) is 16.1 Å². The van der Waals surface area contributed by atoms with Crippen LogP contribution in [0.5, 0.6) is 0 Å². The maximum atomic E-state index is 12.7. The predicted molar refractivity (Wildman–Crippen MR) is 44.9 cm³/mol. The minimum Gasteiger partial charge on any atom is -0.366 e. The average molecular weight is 242 g/mol. The standard InChI is InChI=1S/C8H4ClF4NO/c9-5-2-3(10)1-4(8(11,12)13)6(5)7(14)15/h1-2H,(H2,14,15). The molecule has 0 heterocycles. The van der Waals surface area contributed by atoms with Crippen molar-refractivity contribution in [3.63, 3.8) is 0 Å². The first kappa shape index (κ1) is 11.8. The molecule has 0 aliphatic rings. The summed E-state index contributed by atoms with van der Waals surface area (Å²) in [6.07, 6.45) is -4.88. The Morgan fingerprint density at radius 2 is 1.87 bits per heavy atom. The third-order valence-electron chi connectivity index (χ3n) is 1.61. The van der Waals surface area contributed by atoms with E-state index in [2.05, 4.69) is 0 Å². The highest BCUT2D eigenvalue weighted by Gasteiger charge is 2.36. The average Bonchev–Trinajstić information content (AvgIpc) is 1.99. The number of amides is 1. The summed E-state index contributed by atoms with van der Waals surface area (Å²) >= 11 is 5.29. The molecule has 1 aromatic rings. The van der Waals surface area contributed by atoms with Gasteiger partial charge in [0.15, 0.2) is 0 Å². The molecule has 0 aliphatic heterocycles. The zero-order valence-corrected chi connectivity index (χ0v) is 7.79. The van der Waals surface area contributed by atoms with Crippen LogP contribution >= 0.6 is 11.6 Å². The van der Waals surface area contributed by atoms with Crippen LogP contribution in [0.2, 0.25) is 5.02 Å². The van der Waals surface area contributed by atoms with Crippen molar-refractivity contribution in [1.29, 1.82) is 0 Å². The molecule has 0 saturated heterocycles. The fourth-order valence-corrected chi connectivity index (χ4v) is 1.35. The van der Waals surface area contributed by atoms with Gasteiger partial charge in [-0.15, -0.1) is 0 Å². The fourth-order valence-electron chi connectivity index (χ4n) is 1.05. The Morgan fingerprint density at radius 1 is 1.33 bits per heavy atom. The topological polar surface area (TPSA) is 43.1 Å². The zero-order valence-electron chi connectivity index (χ0n) is 7.03.